The van der Waals surface area contributed by atoms with E-state index in [9.17, 15) is 14.4 Å². The van der Waals surface area contributed by atoms with Gasteiger partial charge in [0.15, 0.2) is 17.7 Å². The molecule has 2 aromatic rings. The van der Waals surface area contributed by atoms with Gasteiger partial charge in [-0.3, -0.25) is 9.59 Å². The van der Waals surface area contributed by atoms with Gasteiger partial charge in [-0.25, -0.2) is 4.79 Å². The number of Topliss-reactive ketones (excluding diaryl/α,β-unsaturated/α-hetero) is 1. The number of ether oxygens (including phenoxy) is 2. The number of carbonyl (C=O) groups excluding carboxylic acids is 2. The van der Waals surface area contributed by atoms with E-state index in [1.165, 1.54) is 33.3 Å². The van der Waals surface area contributed by atoms with E-state index in [4.69, 9.17) is 13.9 Å². The van der Waals surface area contributed by atoms with Gasteiger partial charge in [-0.15, -0.1) is 0 Å². The Labute approximate surface area is 113 Å². The number of benzene rings is 1. The number of ketones is 1. The molecule has 0 aliphatic rings. The van der Waals surface area contributed by atoms with Crippen LogP contribution in [0, 0.1) is 0 Å². The fourth-order valence-electron chi connectivity index (χ4n) is 1.98. The molecule has 0 fully saturated rings. The minimum absolute atomic E-state index is 0.0456. The summed E-state index contributed by atoms with van der Waals surface area (Å²) in [5.41, 5.74) is -0.775. The van der Waals surface area contributed by atoms with E-state index in [1.54, 1.807) is 0 Å². The summed E-state index contributed by atoms with van der Waals surface area (Å²) in [6.07, 6.45) is 0.391. The Bertz CT molecular complexity index is 756. The second kappa shape index (κ2) is 5.16. The van der Waals surface area contributed by atoms with Gasteiger partial charge in [0.05, 0.1) is 19.6 Å². The normalized spacial score (nSPS) is 10.3. The predicted molar refractivity (Wildman–Crippen MR) is 71.0 cm³/mol. The Morgan fingerprint density at radius 3 is 2.35 bits per heavy atom. The molecule has 104 valence electrons. The van der Waals surface area contributed by atoms with Crippen LogP contribution >= 0.6 is 0 Å². The van der Waals surface area contributed by atoms with Crippen LogP contribution in [0.1, 0.15) is 27.6 Å². The molecule has 0 atom stereocenters. The van der Waals surface area contributed by atoms with Gasteiger partial charge in [-0.2, -0.15) is 0 Å². The maximum absolute atomic E-state index is 11.8. The summed E-state index contributed by atoms with van der Waals surface area (Å²) in [6, 6.07) is 2.84. The van der Waals surface area contributed by atoms with E-state index >= 15 is 0 Å². The Morgan fingerprint density at radius 2 is 1.85 bits per heavy atom. The van der Waals surface area contributed by atoms with Crippen molar-refractivity contribution in [2.24, 2.45) is 0 Å². The lowest BCUT2D eigenvalue weighted by Gasteiger charge is -2.12. The molecule has 20 heavy (non-hydrogen) atoms. The van der Waals surface area contributed by atoms with Crippen molar-refractivity contribution in [2.75, 3.05) is 14.2 Å². The lowest BCUT2D eigenvalue weighted by Crippen LogP contribution is -2.09. The summed E-state index contributed by atoms with van der Waals surface area (Å²) in [5.74, 6) is 0.258. The molecule has 0 spiro atoms. The van der Waals surface area contributed by atoms with Crippen LogP contribution in [0.2, 0.25) is 0 Å². The van der Waals surface area contributed by atoms with Crippen LogP contribution in [-0.4, -0.2) is 26.3 Å². The van der Waals surface area contributed by atoms with Crippen LogP contribution in [0.3, 0.4) is 0 Å². The molecule has 0 saturated carbocycles. The molecule has 0 aliphatic heterocycles. The summed E-state index contributed by atoms with van der Waals surface area (Å²) in [4.78, 5) is 34.2. The van der Waals surface area contributed by atoms with Crippen LogP contribution in [0.5, 0.6) is 11.5 Å². The number of aldehydes is 1. The standard InChI is InChI=1S/C14H12O6/c1-7(16)12-11(19-3)5-10(18-2)9-4-8(6-15)14(17)20-13(9)12/h4-6H,1-3H3. The molecule has 0 N–H and O–H groups in total. The van der Waals surface area contributed by atoms with Crippen LogP contribution in [0.15, 0.2) is 21.3 Å². The minimum Gasteiger partial charge on any atom is -0.496 e. The molecule has 0 bridgehead atoms. The predicted octanol–water partition coefficient (Wildman–Crippen LogP) is 1.83. The Hall–Kier alpha value is -2.63. The highest BCUT2D eigenvalue weighted by Crippen LogP contribution is 2.35. The molecular weight excluding hydrogens is 264 g/mol. The van der Waals surface area contributed by atoms with Crippen molar-refractivity contribution < 1.29 is 23.5 Å². The average Bonchev–Trinajstić information content (AvgIpc) is 2.44. The van der Waals surface area contributed by atoms with Gasteiger partial charge >= 0.3 is 5.63 Å². The molecule has 0 amide bonds. The molecule has 0 aliphatic carbocycles. The highest BCUT2D eigenvalue weighted by molar-refractivity contribution is 6.09. The van der Waals surface area contributed by atoms with Crippen molar-refractivity contribution in [3.63, 3.8) is 0 Å². The van der Waals surface area contributed by atoms with Crippen LogP contribution in [-0.2, 0) is 0 Å². The van der Waals surface area contributed by atoms with Crippen LogP contribution in [0.4, 0.5) is 0 Å². The van der Waals surface area contributed by atoms with Gasteiger partial charge in [0.25, 0.3) is 0 Å². The van der Waals surface area contributed by atoms with Gasteiger partial charge in [0, 0.05) is 6.07 Å². The fourth-order valence-corrected chi connectivity index (χ4v) is 1.98. The van der Waals surface area contributed by atoms with E-state index in [2.05, 4.69) is 0 Å². The number of rotatable bonds is 4. The highest BCUT2D eigenvalue weighted by Gasteiger charge is 2.20. The quantitative estimate of drug-likeness (QED) is 0.481. The summed E-state index contributed by atoms with van der Waals surface area (Å²) < 4.78 is 15.4. The van der Waals surface area contributed by atoms with Crippen molar-refractivity contribution in [1.29, 1.82) is 0 Å². The van der Waals surface area contributed by atoms with E-state index in [1.807, 2.05) is 0 Å². The first-order valence-corrected chi connectivity index (χ1v) is 5.72. The number of fused-ring (bicyclic) bond motifs is 1. The van der Waals surface area contributed by atoms with Gasteiger partial charge in [-0.05, 0) is 13.0 Å². The molecule has 0 saturated heterocycles. The van der Waals surface area contributed by atoms with E-state index in [-0.39, 0.29) is 28.2 Å². The molecular formula is C14H12O6. The van der Waals surface area contributed by atoms with Crippen LogP contribution in [0.25, 0.3) is 11.0 Å². The zero-order valence-corrected chi connectivity index (χ0v) is 11.2. The van der Waals surface area contributed by atoms with Crippen molar-refractivity contribution in [3.8, 4) is 11.5 Å². The lowest BCUT2D eigenvalue weighted by atomic mass is 10.0. The maximum Gasteiger partial charge on any atom is 0.346 e. The molecule has 6 nitrogen and oxygen atoms in total. The third-order valence-corrected chi connectivity index (χ3v) is 2.89. The number of carbonyl (C=O) groups is 2. The van der Waals surface area contributed by atoms with Gasteiger partial charge in [0.2, 0.25) is 0 Å². The molecule has 2 rings (SSSR count). The fraction of sp³-hybridized carbons (Fsp3) is 0.214. The van der Waals surface area contributed by atoms with Crippen molar-refractivity contribution in [2.45, 2.75) is 6.92 Å². The molecule has 1 aromatic heterocycles. The zero-order chi connectivity index (χ0) is 14.9. The topological polar surface area (TPSA) is 82.8 Å². The second-order valence-electron chi connectivity index (χ2n) is 4.06. The number of hydrogen-bond acceptors (Lipinski definition) is 6. The van der Waals surface area contributed by atoms with E-state index in [0.29, 0.717) is 17.4 Å². The molecule has 0 radical (unpaired) electrons. The number of hydrogen-bond donors (Lipinski definition) is 0. The Balaban J connectivity index is 3.03. The summed E-state index contributed by atoms with van der Waals surface area (Å²) >= 11 is 0. The van der Waals surface area contributed by atoms with E-state index in [0.717, 1.165) is 0 Å². The number of methoxy groups -OCH3 is 2. The van der Waals surface area contributed by atoms with Gasteiger partial charge in [0.1, 0.15) is 22.6 Å². The third-order valence-electron chi connectivity index (χ3n) is 2.89. The average molecular weight is 276 g/mol. The zero-order valence-electron chi connectivity index (χ0n) is 11.2. The Kier molecular flexibility index (Phi) is 3.56. The Morgan fingerprint density at radius 1 is 1.20 bits per heavy atom. The largest absolute Gasteiger partial charge is 0.496 e. The monoisotopic (exact) mass is 276 g/mol. The summed E-state index contributed by atoms with van der Waals surface area (Å²) in [7, 11) is 2.82. The SMILES string of the molecule is COc1cc(OC)c2cc(C=O)c(=O)oc2c1C(C)=O. The molecule has 0 unspecified atom stereocenters. The second-order valence-corrected chi connectivity index (χ2v) is 4.06. The molecule has 1 aromatic carbocycles. The first kappa shape index (κ1) is 13.8. The smallest absolute Gasteiger partial charge is 0.346 e. The molecule has 1 heterocycles. The summed E-state index contributed by atoms with van der Waals surface area (Å²) in [5, 5.41) is 0.361. The third kappa shape index (κ3) is 2.05. The lowest BCUT2D eigenvalue weighted by molar-refractivity contribution is 0.101. The minimum atomic E-state index is -0.815. The first-order chi connectivity index (χ1) is 9.53. The van der Waals surface area contributed by atoms with E-state index < -0.39 is 5.63 Å². The first-order valence-electron chi connectivity index (χ1n) is 5.72. The van der Waals surface area contributed by atoms with Gasteiger partial charge in [-0.1, -0.05) is 0 Å². The molecule has 6 heteroatoms. The van der Waals surface area contributed by atoms with Crippen molar-refractivity contribution in [3.05, 3.63) is 33.7 Å². The van der Waals surface area contributed by atoms with Crippen molar-refractivity contribution >= 4 is 23.0 Å². The highest BCUT2D eigenvalue weighted by atomic mass is 16.5. The van der Waals surface area contributed by atoms with Gasteiger partial charge < -0.3 is 13.9 Å². The summed E-state index contributed by atoms with van der Waals surface area (Å²) in [6.45, 7) is 1.33. The maximum atomic E-state index is 11.8. The van der Waals surface area contributed by atoms with Crippen molar-refractivity contribution in [1.82, 2.24) is 0 Å². The van der Waals surface area contributed by atoms with Crippen LogP contribution < -0.4 is 15.1 Å².